The van der Waals surface area contributed by atoms with Gasteiger partial charge in [0.05, 0.1) is 12.1 Å². The Morgan fingerprint density at radius 3 is 2.50 bits per heavy atom. The first-order valence-electron chi connectivity index (χ1n) is 11.0. The van der Waals surface area contributed by atoms with Crippen molar-refractivity contribution in [3.8, 4) is 11.5 Å². The van der Waals surface area contributed by atoms with Crippen LogP contribution in [0.2, 0.25) is 5.02 Å². The van der Waals surface area contributed by atoms with Crippen LogP contribution in [0.1, 0.15) is 43.2 Å². The van der Waals surface area contributed by atoms with Gasteiger partial charge < -0.3 is 9.47 Å². The summed E-state index contributed by atoms with van der Waals surface area (Å²) in [4.78, 5) is 39.2. The Bertz CT molecular complexity index is 1140. The van der Waals surface area contributed by atoms with E-state index in [9.17, 15) is 14.4 Å². The molecule has 178 valence electrons. The van der Waals surface area contributed by atoms with Crippen molar-refractivity contribution in [2.75, 3.05) is 7.11 Å². The van der Waals surface area contributed by atoms with Gasteiger partial charge in [0, 0.05) is 10.5 Å². The van der Waals surface area contributed by atoms with Crippen LogP contribution >= 0.6 is 27.5 Å². The molecule has 4 rings (SSSR count). The molecule has 2 fully saturated rings. The van der Waals surface area contributed by atoms with Crippen molar-refractivity contribution in [1.82, 2.24) is 10.2 Å². The van der Waals surface area contributed by atoms with E-state index >= 15 is 0 Å². The monoisotopic (exact) mass is 546 g/mol. The summed E-state index contributed by atoms with van der Waals surface area (Å²) >= 11 is 9.88. The molecule has 34 heavy (non-hydrogen) atoms. The average Bonchev–Trinajstić information content (AvgIpc) is 2.82. The number of ether oxygens (including phenoxy) is 2. The second kappa shape index (κ2) is 10.6. The highest BCUT2D eigenvalue weighted by molar-refractivity contribution is 9.10. The highest BCUT2D eigenvalue weighted by Gasteiger charge is 2.40. The van der Waals surface area contributed by atoms with Gasteiger partial charge in [-0.05, 0) is 54.3 Å². The van der Waals surface area contributed by atoms with Gasteiger partial charge in [0.25, 0.3) is 11.8 Å². The van der Waals surface area contributed by atoms with Crippen LogP contribution in [0.15, 0.2) is 46.4 Å². The summed E-state index contributed by atoms with van der Waals surface area (Å²) in [6.45, 7) is 0.281. The first-order chi connectivity index (χ1) is 16.4. The molecular weight excluding hydrogens is 524 g/mol. The Morgan fingerprint density at radius 1 is 1.12 bits per heavy atom. The maximum absolute atomic E-state index is 13.1. The minimum atomic E-state index is -0.729. The van der Waals surface area contributed by atoms with Gasteiger partial charge in [0.2, 0.25) is 0 Å². The third-order valence-electron chi connectivity index (χ3n) is 5.93. The normalized spacial score (nSPS) is 18.3. The molecule has 0 radical (unpaired) electrons. The minimum absolute atomic E-state index is 0.119. The van der Waals surface area contributed by atoms with Crippen molar-refractivity contribution in [2.45, 2.75) is 44.8 Å². The molecular formula is C25H24BrClN2O5. The molecule has 1 heterocycles. The SMILES string of the molecule is COc1cc(C=C2C(=O)NC(=O)N(C3CCCCC3)C2=O)cc(Cl)c1OCc1ccc(Br)cc1. The van der Waals surface area contributed by atoms with Gasteiger partial charge in [-0.1, -0.05) is 58.9 Å². The average molecular weight is 548 g/mol. The third-order valence-corrected chi connectivity index (χ3v) is 6.74. The van der Waals surface area contributed by atoms with Crippen molar-refractivity contribution in [3.05, 3.63) is 62.6 Å². The Kier molecular flexibility index (Phi) is 7.58. The van der Waals surface area contributed by atoms with Crippen LogP contribution in [0, 0.1) is 0 Å². The number of carbonyl (C=O) groups is 3. The molecule has 0 bridgehead atoms. The molecule has 7 nitrogen and oxygen atoms in total. The molecule has 0 atom stereocenters. The largest absolute Gasteiger partial charge is 0.493 e. The van der Waals surface area contributed by atoms with Crippen LogP contribution < -0.4 is 14.8 Å². The van der Waals surface area contributed by atoms with Crippen LogP contribution in [-0.4, -0.2) is 35.9 Å². The van der Waals surface area contributed by atoms with E-state index in [0.717, 1.165) is 42.1 Å². The van der Waals surface area contributed by atoms with E-state index in [0.29, 0.717) is 17.1 Å². The Hall–Kier alpha value is -2.84. The number of hydrogen-bond donors (Lipinski definition) is 1. The first kappa shape index (κ1) is 24.3. The van der Waals surface area contributed by atoms with Crippen LogP contribution in [0.5, 0.6) is 11.5 Å². The van der Waals surface area contributed by atoms with Crippen molar-refractivity contribution >= 4 is 51.5 Å². The molecule has 1 saturated carbocycles. The summed E-state index contributed by atoms with van der Waals surface area (Å²) in [5, 5.41) is 2.56. The maximum atomic E-state index is 13.1. The zero-order valence-electron chi connectivity index (χ0n) is 18.6. The predicted octanol–water partition coefficient (Wildman–Crippen LogP) is 5.48. The molecule has 0 spiro atoms. The number of carbonyl (C=O) groups excluding carboxylic acids is 3. The van der Waals surface area contributed by atoms with E-state index in [1.807, 2.05) is 24.3 Å². The summed E-state index contributed by atoms with van der Waals surface area (Å²) < 4.78 is 12.3. The molecule has 1 N–H and O–H groups in total. The van der Waals surface area contributed by atoms with Crippen molar-refractivity contribution in [1.29, 1.82) is 0 Å². The second-order valence-corrected chi connectivity index (χ2v) is 9.56. The maximum Gasteiger partial charge on any atom is 0.331 e. The lowest BCUT2D eigenvalue weighted by Gasteiger charge is -2.35. The smallest absolute Gasteiger partial charge is 0.331 e. The zero-order valence-corrected chi connectivity index (χ0v) is 20.9. The fourth-order valence-electron chi connectivity index (χ4n) is 4.21. The van der Waals surface area contributed by atoms with Gasteiger partial charge in [-0.25, -0.2) is 4.79 Å². The van der Waals surface area contributed by atoms with Crippen molar-refractivity contribution in [3.63, 3.8) is 0 Å². The minimum Gasteiger partial charge on any atom is -0.493 e. The van der Waals surface area contributed by atoms with Crippen LogP contribution in [0.3, 0.4) is 0 Å². The Morgan fingerprint density at radius 2 is 1.82 bits per heavy atom. The summed E-state index contributed by atoms with van der Waals surface area (Å²) in [5.41, 5.74) is 1.31. The fraction of sp³-hybridized carbons (Fsp3) is 0.320. The lowest BCUT2D eigenvalue weighted by molar-refractivity contribution is -0.132. The van der Waals surface area contributed by atoms with E-state index < -0.39 is 17.8 Å². The lowest BCUT2D eigenvalue weighted by atomic mass is 9.93. The van der Waals surface area contributed by atoms with E-state index in [4.69, 9.17) is 21.1 Å². The van der Waals surface area contributed by atoms with Gasteiger partial charge in [-0.15, -0.1) is 0 Å². The highest BCUT2D eigenvalue weighted by Crippen LogP contribution is 2.38. The lowest BCUT2D eigenvalue weighted by Crippen LogP contribution is -2.58. The first-order valence-corrected chi connectivity index (χ1v) is 12.2. The number of imide groups is 2. The summed E-state index contributed by atoms with van der Waals surface area (Å²) in [5.74, 6) is -0.605. The molecule has 9 heteroatoms. The Labute approximate surface area is 211 Å². The number of hydrogen-bond acceptors (Lipinski definition) is 5. The van der Waals surface area contributed by atoms with Gasteiger partial charge in [0.15, 0.2) is 11.5 Å². The number of methoxy groups -OCH3 is 1. The third kappa shape index (κ3) is 5.28. The molecule has 1 aliphatic heterocycles. The number of amides is 4. The molecule has 0 aromatic heterocycles. The quantitative estimate of drug-likeness (QED) is 0.382. The van der Waals surface area contributed by atoms with E-state index in [1.165, 1.54) is 18.1 Å². The summed E-state index contributed by atoms with van der Waals surface area (Å²) in [7, 11) is 1.48. The summed E-state index contributed by atoms with van der Waals surface area (Å²) in [6.07, 6.45) is 5.88. The number of nitrogens with one attached hydrogen (secondary N) is 1. The van der Waals surface area contributed by atoms with E-state index in [1.54, 1.807) is 12.1 Å². The fourth-order valence-corrected chi connectivity index (χ4v) is 4.75. The van der Waals surface area contributed by atoms with Gasteiger partial charge >= 0.3 is 6.03 Å². The molecule has 4 amide bonds. The van der Waals surface area contributed by atoms with Gasteiger partial charge in [0.1, 0.15) is 12.2 Å². The van der Waals surface area contributed by atoms with Crippen LogP contribution in [0.4, 0.5) is 4.79 Å². The predicted molar refractivity (Wildman–Crippen MR) is 132 cm³/mol. The van der Waals surface area contributed by atoms with E-state index in [2.05, 4.69) is 21.2 Å². The van der Waals surface area contributed by atoms with E-state index in [-0.39, 0.29) is 23.2 Å². The standard InChI is InChI=1S/C25H24BrClN2O5/c1-33-21-13-16(12-20(27)22(21)34-14-15-7-9-17(26)10-8-15)11-19-23(30)28-25(32)29(24(19)31)18-5-3-2-4-6-18/h7-13,18H,2-6,14H2,1H3,(H,28,30,32). The van der Waals surface area contributed by atoms with Crippen molar-refractivity contribution < 1.29 is 23.9 Å². The topological polar surface area (TPSA) is 84.9 Å². The second-order valence-electron chi connectivity index (χ2n) is 8.23. The molecule has 1 aliphatic carbocycles. The van der Waals surface area contributed by atoms with Crippen molar-refractivity contribution in [2.24, 2.45) is 0 Å². The van der Waals surface area contributed by atoms with Crippen LogP contribution in [-0.2, 0) is 16.2 Å². The molecule has 2 aliphatic rings. The van der Waals surface area contributed by atoms with Gasteiger partial charge in [-0.3, -0.25) is 19.8 Å². The highest BCUT2D eigenvalue weighted by atomic mass is 79.9. The number of urea groups is 1. The number of halogens is 2. The summed E-state index contributed by atoms with van der Waals surface area (Å²) in [6, 6.07) is 10.1. The number of barbiturate groups is 1. The van der Waals surface area contributed by atoms with Gasteiger partial charge in [-0.2, -0.15) is 0 Å². The number of benzene rings is 2. The molecule has 0 unspecified atom stereocenters. The Balaban J connectivity index is 1.59. The number of nitrogens with zero attached hydrogens (tertiary/aromatic N) is 1. The number of rotatable bonds is 6. The zero-order chi connectivity index (χ0) is 24.2. The molecule has 2 aromatic rings. The van der Waals surface area contributed by atoms with Crippen LogP contribution in [0.25, 0.3) is 6.08 Å². The molecule has 2 aromatic carbocycles. The molecule has 1 saturated heterocycles.